The summed E-state index contributed by atoms with van der Waals surface area (Å²) in [6.45, 7) is 7.35. The van der Waals surface area contributed by atoms with E-state index in [1.165, 1.54) is 0 Å². The van der Waals surface area contributed by atoms with Gasteiger partial charge in [0.2, 0.25) is 0 Å². The molecular formula is C22H26N2O4S. The molecule has 6 nitrogen and oxygen atoms in total. The molecule has 0 unspecified atom stereocenters. The molecule has 3 rings (SSSR count). The summed E-state index contributed by atoms with van der Waals surface area (Å²) < 4.78 is 33.0. The number of hydrogen-bond donors (Lipinski definition) is 0. The first-order valence-electron chi connectivity index (χ1n) is 9.43. The van der Waals surface area contributed by atoms with Gasteiger partial charge in [-0.2, -0.15) is 0 Å². The highest BCUT2D eigenvalue weighted by atomic mass is 32.2. The quantitative estimate of drug-likeness (QED) is 0.751. The summed E-state index contributed by atoms with van der Waals surface area (Å²) in [4.78, 5) is 12.7. The van der Waals surface area contributed by atoms with Crippen molar-refractivity contribution in [2.75, 3.05) is 6.54 Å². The van der Waals surface area contributed by atoms with Gasteiger partial charge < -0.3 is 4.74 Å². The highest BCUT2D eigenvalue weighted by Crippen LogP contribution is 2.31. The van der Waals surface area contributed by atoms with E-state index in [4.69, 9.17) is 4.74 Å². The molecule has 0 N–H and O–H groups in total. The van der Waals surface area contributed by atoms with Gasteiger partial charge in [0.15, 0.2) is 0 Å². The smallest absolute Gasteiger partial charge is 0.425 e. The van der Waals surface area contributed by atoms with Gasteiger partial charge in [0.25, 0.3) is 10.0 Å². The average molecular weight is 415 g/mol. The van der Waals surface area contributed by atoms with E-state index in [-0.39, 0.29) is 11.4 Å². The number of amides is 1. The minimum Gasteiger partial charge on any atom is -0.443 e. The topological polar surface area (TPSA) is 66.9 Å². The lowest BCUT2D eigenvalue weighted by Gasteiger charge is -2.47. The van der Waals surface area contributed by atoms with E-state index in [0.29, 0.717) is 0 Å². The zero-order valence-corrected chi connectivity index (χ0v) is 17.9. The van der Waals surface area contributed by atoms with Gasteiger partial charge in [-0.15, -0.1) is 0 Å². The number of benzene rings is 2. The van der Waals surface area contributed by atoms with Crippen LogP contribution in [0.1, 0.15) is 31.9 Å². The molecule has 1 heterocycles. The zero-order valence-electron chi connectivity index (χ0n) is 17.1. The zero-order chi connectivity index (χ0) is 21.2. The molecule has 7 heteroatoms. The number of carbonyl (C=O) groups excluding carboxylic acids is 1. The fourth-order valence-electron chi connectivity index (χ4n) is 2.93. The predicted octanol–water partition coefficient (Wildman–Crippen LogP) is 4.23. The van der Waals surface area contributed by atoms with Crippen LogP contribution in [-0.2, 0) is 14.8 Å². The first kappa shape index (κ1) is 21.1. The number of aryl methyl sites for hydroxylation is 1. The van der Waals surface area contributed by atoms with Crippen LogP contribution in [0.15, 0.2) is 65.6 Å². The third kappa shape index (κ3) is 4.86. The molecule has 1 aliphatic rings. The lowest BCUT2D eigenvalue weighted by molar-refractivity contribution is -0.0763. The summed E-state index contributed by atoms with van der Waals surface area (Å²) in [6.07, 6.45) is 2.97. The normalized spacial score (nSPS) is 17.9. The van der Waals surface area contributed by atoms with E-state index >= 15 is 0 Å². The van der Waals surface area contributed by atoms with Gasteiger partial charge in [-0.25, -0.2) is 18.2 Å². The molecule has 1 fully saturated rings. The number of carbonyl (C=O) groups is 1. The molecule has 2 aromatic carbocycles. The third-order valence-corrected chi connectivity index (χ3v) is 6.19. The maximum absolute atomic E-state index is 13.3. The molecule has 1 atom stereocenters. The second-order valence-electron chi connectivity index (χ2n) is 7.99. The molecule has 0 bridgehead atoms. The summed E-state index contributed by atoms with van der Waals surface area (Å²) >= 11 is 0. The Morgan fingerprint density at radius 1 is 1.07 bits per heavy atom. The summed E-state index contributed by atoms with van der Waals surface area (Å²) in [5.41, 5.74) is 1.19. The molecule has 0 spiro atoms. The average Bonchev–Trinajstić information content (AvgIpc) is 2.60. The highest BCUT2D eigenvalue weighted by Gasteiger charge is 2.48. The van der Waals surface area contributed by atoms with E-state index in [2.05, 4.69) is 0 Å². The van der Waals surface area contributed by atoms with Crippen molar-refractivity contribution in [1.29, 1.82) is 0 Å². The highest BCUT2D eigenvalue weighted by molar-refractivity contribution is 7.89. The lowest BCUT2D eigenvalue weighted by Crippen LogP contribution is -2.67. The van der Waals surface area contributed by atoms with E-state index in [9.17, 15) is 13.2 Å². The van der Waals surface area contributed by atoms with Crippen molar-refractivity contribution < 1.29 is 17.9 Å². The number of nitrogens with zero attached hydrogens (tertiary/aromatic N) is 2. The van der Waals surface area contributed by atoms with Crippen LogP contribution in [0.25, 0.3) is 6.08 Å². The van der Waals surface area contributed by atoms with Crippen molar-refractivity contribution in [2.24, 2.45) is 0 Å². The fourth-order valence-corrected chi connectivity index (χ4v) is 4.51. The lowest BCUT2D eigenvalue weighted by atomic mass is 10.1. The van der Waals surface area contributed by atoms with Gasteiger partial charge in [-0.1, -0.05) is 64.6 Å². The van der Waals surface area contributed by atoms with Gasteiger partial charge in [0.1, 0.15) is 5.60 Å². The van der Waals surface area contributed by atoms with E-state index in [1.807, 2.05) is 43.3 Å². The second kappa shape index (κ2) is 8.00. The summed E-state index contributed by atoms with van der Waals surface area (Å²) in [5.74, 6) is 0. The van der Waals surface area contributed by atoms with E-state index in [0.717, 1.165) is 20.6 Å². The third-order valence-electron chi connectivity index (χ3n) is 4.36. The summed E-state index contributed by atoms with van der Waals surface area (Å²) in [7, 11) is -3.92. The Morgan fingerprint density at radius 3 is 2.28 bits per heavy atom. The van der Waals surface area contributed by atoms with Gasteiger partial charge in [0.05, 0.1) is 17.5 Å². The first-order valence-corrected chi connectivity index (χ1v) is 10.9. The molecule has 1 saturated heterocycles. The van der Waals surface area contributed by atoms with Crippen molar-refractivity contribution in [3.63, 3.8) is 0 Å². The standard InChI is InChI=1S/C22H26N2O4S/c1-17-10-14-20(15-11-17)29(26,27)24-19(13-12-18-8-6-5-7-9-18)16-23(24)21(25)28-22(2,3)4/h5-15,19H,16H2,1-4H3/b13-12+/t19-/m1/s1. The van der Waals surface area contributed by atoms with Gasteiger partial charge >= 0.3 is 6.09 Å². The first-order chi connectivity index (χ1) is 13.6. The predicted molar refractivity (Wildman–Crippen MR) is 112 cm³/mol. The largest absolute Gasteiger partial charge is 0.443 e. The molecule has 1 amide bonds. The minimum absolute atomic E-state index is 0.134. The Labute approximate surface area is 172 Å². The SMILES string of the molecule is Cc1ccc(S(=O)(=O)N2[C@H](/C=C/c3ccccc3)CN2C(=O)OC(C)(C)C)cc1. The number of ether oxygens (including phenoxy) is 1. The number of hydrazine groups is 1. The molecule has 0 aromatic heterocycles. The molecule has 1 aliphatic heterocycles. The summed E-state index contributed by atoms with van der Waals surface area (Å²) in [5, 5.41) is 1.14. The van der Waals surface area contributed by atoms with Gasteiger partial charge in [-0.3, -0.25) is 0 Å². The van der Waals surface area contributed by atoms with Crippen LogP contribution in [0.5, 0.6) is 0 Å². The molecule has 0 radical (unpaired) electrons. The van der Waals surface area contributed by atoms with Gasteiger partial charge in [0, 0.05) is 0 Å². The van der Waals surface area contributed by atoms with Crippen LogP contribution in [0.3, 0.4) is 0 Å². The Balaban J connectivity index is 1.90. The van der Waals surface area contributed by atoms with Crippen molar-refractivity contribution >= 4 is 22.2 Å². The number of sulfonamides is 1. The van der Waals surface area contributed by atoms with Crippen molar-refractivity contribution in [2.45, 2.75) is 44.2 Å². The Kier molecular flexibility index (Phi) is 5.82. The Bertz CT molecular complexity index is 993. The maximum Gasteiger partial charge on any atom is 0.425 e. The van der Waals surface area contributed by atoms with Crippen LogP contribution in [0.2, 0.25) is 0 Å². The van der Waals surface area contributed by atoms with Crippen LogP contribution >= 0.6 is 0 Å². The summed E-state index contributed by atoms with van der Waals surface area (Å²) in [6, 6.07) is 15.7. The van der Waals surface area contributed by atoms with Crippen LogP contribution in [0, 0.1) is 6.92 Å². The number of hydrogen-bond acceptors (Lipinski definition) is 4. The monoisotopic (exact) mass is 414 g/mol. The van der Waals surface area contributed by atoms with Crippen LogP contribution < -0.4 is 0 Å². The number of rotatable bonds is 4. The molecule has 154 valence electrons. The maximum atomic E-state index is 13.3. The van der Waals surface area contributed by atoms with Crippen molar-refractivity contribution in [3.8, 4) is 0 Å². The molecular weight excluding hydrogens is 388 g/mol. The van der Waals surface area contributed by atoms with E-state index < -0.39 is 27.8 Å². The fraction of sp³-hybridized carbons (Fsp3) is 0.318. The minimum atomic E-state index is -3.92. The molecule has 2 aromatic rings. The van der Waals surface area contributed by atoms with Crippen molar-refractivity contribution in [3.05, 3.63) is 71.8 Å². The second-order valence-corrected chi connectivity index (χ2v) is 9.79. The molecule has 0 saturated carbocycles. The van der Waals surface area contributed by atoms with Crippen LogP contribution in [-0.4, -0.2) is 42.1 Å². The molecule has 29 heavy (non-hydrogen) atoms. The van der Waals surface area contributed by atoms with Gasteiger partial charge in [-0.05, 0) is 45.4 Å². The van der Waals surface area contributed by atoms with E-state index in [1.54, 1.807) is 51.1 Å². The van der Waals surface area contributed by atoms with Crippen LogP contribution in [0.4, 0.5) is 4.79 Å². The molecule has 0 aliphatic carbocycles. The Hall–Kier alpha value is -2.64. The van der Waals surface area contributed by atoms with Crippen molar-refractivity contribution in [1.82, 2.24) is 9.42 Å². The Morgan fingerprint density at radius 2 is 1.69 bits per heavy atom.